The van der Waals surface area contributed by atoms with Gasteiger partial charge < -0.3 is 10.6 Å². The summed E-state index contributed by atoms with van der Waals surface area (Å²) in [5.41, 5.74) is 1.48. The number of carbonyl (C=O) groups excluding carboxylic acids is 1. The lowest BCUT2D eigenvalue weighted by Gasteiger charge is -2.09. The molecule has 0 saturated heterocycles. The quantitative estimate of drug-likeness (QED) is 0.801. The number of nitrogens with one attached hydrogen (secondary N) is 2. The molecule has 0 unspecified atom stereocenters. The first-order valence-electron chi connectivity index (χ1n) is 6.44. The van der Waals surface area contributed by atoms with Crippen LogP contribution in [0.4, 0.5) is 5.69 Å². The van der Waals surface area contributed by atoms with Crippen LogP contribution in [0.2, 0.25) is 5.02 Å². The van der Waals surface area contributed by atoms with Gasteiger partial charge in [-0.1, -0.05) is 11.6 Å². The van der Waals surface area contributed by atoms with Crippen LogP contribution < -0.4 is 10.6 Å². The number of anilines is 1. The molecule has 0 aliphatic rings. The average Bonchev–Trinajstić information content (AvgIpc) is 2.93. The Morgan fingerprint density at radius 1 is 1.43 bits per heavy atom. The summed E-state index contributed by atoms with van der Waals surface area (Å²) in [5.74, 6) is -0.0110. The van der Waals surface area contributed by atoms with Gasteiger partial charge in [0.15, 0.2) is 0 Å². The van der Waals surface area contributed by atoms with Crippen LogP contribution in [0.25, 0.3) is 5.69 Å². The summed E-state index contributed by atoms with van der Waals surface area (Å²) >= 11 is 6.21. The second kappa shape index (κ2) is 8.67. The number of hydrogen-bond donors (Lipinski definition) is 2. The smallest absolute Gasteiger partial charge is 0.224 e. The number of amides is 1. The van der Waals surface area contributed by atoms with E-state index >= 15 is 0 Å². The number of benzene rings is 1. The van der Waals surface area contributed by atoms with Crippen LogP contribution in [0, 0.1) is 0 Å². The highest BCUT2D eigenvalue weighted by Crippen LogP contribution is 2.23. The number of rotatable bonds is 6. The van der Waals surface area contributed by atoms with Crippen molar-refractivity contribution in [3.05, 3.63) is 41.7 Å². The van der Waals surface area contributed by atoms with E-state index in [1.165, 1.54) is 0 Å². The van der Waals surface area contributed by atoms with Crippen molar-refractivity contribution in [1.29, 1.82) is 0 Å². The van der Waals surface area contributed by atoms with Gasteiger partial charge in [0.25, 0.3) is 0 Å². The van der Waals surface area contributed by atoms with E-state index in [-0.39, 0.29) is 18.3 Å². The molecule has 0 bridgehead atoms. The summed E-state index contributed by atoms with van der Waals surface area (Å²) in [5, 5.41) is 10.5. The standard InChI is InChI=1S/C14H17ClN4O.ClH/c1-16-7-2-4-14(20)18-11-5-6-13(12(15)10-11)19-9-3-8-17-19;/h3,5-6,8-10,16H,2,4,7H2,1H3,(H,18,20);1H. The fraction of sp³-hybridized carbons (Fsp3) is 0.286. The Morgan fingerprint density at radius 3 is 2.86 bits per heavy atom. The van der Waals surface area contributed by atoms with Gasteiger partial charge in [-0.25, -0.2) is 4.68 Å². The molecule has 2 rings (SSSR count). The zero-order chi connectivity index (χ0) is 14.4. The third-order valence-electron chi connectivity index (χ3n) is 2.81. The van der Waals surface area contributed by atoms with E-state index in [1.54, 1.807) is 16.9 Å². The Labute approximate surface area is 135 Å². The van der Waals surface area contributed by atoms with Crippen molar-refractivity contribution >= 4 is 35.6 Å². The fourth-order valence-corrected chi connectivity index (χ4v) is 2.10. The van der Waals surface area contributed by atoms with Crippen LogP contribution in [0.5, 0.6) is 0 Å². The maximum absolute atomic E-state index is 11.7. The van der Waals surface area contributed by atoms with E-state index in [0.717, 1.165) is 18.7 Å². The molecular weight excluding hydrogens is 311 g/mol. The van der Waals surface area contributed by atoms with Crippen LogP contribution >= 0.6 is 24.0 Å². The van der Waals surface area contributed by atoms with E-state index in [9.17, 15) is 4.79 Å². The van der Waals surface area contributed by atoms with Crippen LogP contribution in [0.15, 0.2) is 36.7 Å². The van der Waals surface area contributed by atoms with E-state index in [1.807, 2.05) is 31.4 Å². The van der Waals surface area contributed by atoms with Crippen molar-refractivity contribution in [3.8, 4) is 5.69 Å². The highest BCUT2D eigenvalue weighted by molar-refractivity contribution is 6.32. The molecule has 0 atom stereocenters. The highest BCUT2D eigenvalue weighted by atomic mass is 35.5. The molecule has 1 heterocycles. The molecule has 7 heteroatoms. The molecule has 114 valence electrons. The van der Waals surface area contributed by atoms with E-state index < -0.39 is 0 Å². The molecule has 0 aliphatic carbocycles. The molecule has 1 aromatic carbocycles. The molecule has 0 aliphatic heterocycles. The Hall–Kier alpha value is -1.56. The number of halogens is 2. The minimum atomic E-state index is -0.0110. The Bertz CT molecular complexity index is 572. The number of carbonyl (C=O) groups is 1. The van der Waals surface area contributed by atoms with Crippen molar-refractivity contribution in [1.82, 2.24) is 15.1 Å². The highest BCUT2D eigenvalue weighted by Gasteiger charge is 2.06. The molecule has 0 saturated carbocycles. The first kappa shape index (κ1) is 17.5. The lowest BCUT2D eigenvalue weighted by atomic mass is 10.2. The molecule has 0 fully saturated rings. The molecule has 21 heavy (non-hydrogen) atoms. The normalized spacial score (nSPS) is 10.0. The minimum absolute atomic E-state index is 0. The van der Waals surface area contributed by atoms with E-state index in [2.05, 4.69) is 15.7 Å². The molecule has 0 radical (unpaired) electrons. The second-order valence-electron chi connectivity index (χ2n) is 4.37. The van der Waals surface area contributed by atoms with Gasteiger partial charge in [0.1, 0.15) is 0 Å². The number of hydrogen-bond acceptors (Lipinski definition) is 3. The van der Waals surface area contributed by atoms with Gasteiger partial charge in [-0.15, -0.1) is 12.4 Å². The SMILES string of the molecule is CNCCCC(=O)Nc1ccc(-n2cccn2)c(Cl)c1.Cl. The first-order valence-corrected chi connectivity index (χ1v) is 6.82. The Morgan fingerprint density at radius 2 is 2.24 bits per heavy atom. The monoisotopic (exact) mass is 328 g/mol. The van der Waals surface area contributed by atoms with Crippen molar-refractivity contribution < 1.29 is 4.79 Å². The first-order chi connectivity index (χ1) is 9.70. The van der Waals surface area contributed by atoms with Crippen LogP contribution in [0.3, 0.4) is 0 Å². The minimum Gasteiger partial charge on any atom is -0.326 e. The van der Waals surface area contributed by atoms with Gasteiger partial charge in [0.2, 0.25) is 5.91 Å². The fourth-order valence-electron chi connectivity index (χ4n) is 1.83. The largest absolute Gasteiger partial charge is 0.326 e. The lowest BCUT2D eigenvalue weighted by Crippen LogP contribution is -2.15. The van der Waals surface area contributed by atoms with Crippen LogP contribution in [-0.4, -0.2) is 29.3 Å². The maximum atomic E-state index is 11.7. The van der Waals surface area contributed by atoms with Gasteiger partial charge in [-0.05, 0) is 44.3 Å². The van der Waals surface area contributed by atoms with Gasteiger partial charge in [0.05, 0.1) is 10.7 Å². The van der Waals surface area contributed by atoms with Crippen molar-refractivity contribution in [2.75, 3.05) is 18.9 Å². The summed E-state index contributed by atoms with van der Waals surface area (Å²) in [7, 11) is 1.87. The third kappa shape index (κ3) is 5.04. The van der Waals surface area contributed by atoms with Crippen LogP contribution in [0.1, 0.15) is 12.8 Å². The van der Waals surface area contributed by atoms with E-state index in [4.69, 9.17) is 11.6 Å². The Balaban J connectivity index is 0.00000220. The summed E-state index contributed by atoms with van der Waals surface area (Å²) < 4.78 is 1.68. The predicted molar refractivity (Wildman–Crippen MR) is 87.6 cm³/mol. The van der Waals surface area contributed by atoms with Gasteiger partial charge >= 0.3 is 0 Å². The summed E-state index contributed by atoms with van der Waals surface area (Å²) in [6, 6.07) is 7.21. The van der Waals surface area contributed by atoms with Gasteiger partial charge in [0, 0.05) is 24.5 Å². The zero-order valence-corrected chi connectivity index (χ0v) is 13.2. The predicted octanol–water partition coefficient (Wildman–Crippen LogP) is 2.89. The molecule has 1 aromatic heterocycles. The molecule has 2 aromatic rings. The topological polar surface area (TPSA) is 59.0 Å². The van der Waals surface area contributed by atoms with Crippen LogP contribution in [-0.2, 0) is 4.79 Å². The van der Waals surface area contributed by atoms with Gasteiger partial charge in [-0.3, -0.25) is 4.79 Å². The van der Waals surface area contributed by atoms with Crippen molar-refractivity contribution in [2.24, 2.45) is 0 Å². The summed E-state index contributed by atoms with van der Waals surface area (Å²) in [6.45, 7) is 0.826. The van der Waals surface area contributed by atoms with E-state index in [0.29, 0.717) is 17.1 Å². The molecule has 5 nitrogen and oxygen atoms in total. The number of nitrogens with zero attached hydrogens (tertiary/aromatic N) is 2. The zero-order valence-electron chi connectivity index (χ0n) is 11.7. The molecular formula is C14H18Cl2N4O. The second-order valence-corrected chi connectivity index (χ2v) is 4.78. The molecule has 1 amide bonds. The van der Waals surface area contributed by atoms with Crippen molar-refractivity contribution in [2.45, 2.75) is 12.8 Å². The number of aromatic nitrogens is 2. The third-order valence-corrected chi connectivity index (χ3v) is 3.12. The summed E-state index contributed by atoms with van der Waals surface area (Å²) in [4.78, 5) is 11.7. The Kier molecular flexibility index (Phi) is 7.22. The lowest BCUT2D eigenvalue weighted by molar-refractivity contribution is -0.116. The van der Waals surface area contributed by atoms with Crippen molar-refractivity contribution in [3.63, 3.8) is 0 Å². The molecule has 0 spiro atoms. The summed E-state index contributed by atoms with van der Waals surface area (Å²) in [6.07, 6.45) is 4.80. The average molecular weight is 329 g/mol. The maximum Gasteiger partial charge on any atom is 0.224 e. The molecule has 2 N–H and O–H groups in total. The van der Waals surface area contributed by atoms with Gasteiger partial charge in [-0.2, -0.15) is 5.10 Å².